The van der Waals surface area contributed by atoms with Crippen LogP contribution in [-0.4, -0.2) is 40.6 Å². The molecule has 1 aliphatic heterocycles. The maximum Gasteiger partial charge on any atom is 0.411 e. The van der Waals surface area contributed by atoms with E-state index in [9.17, 15) is 14.0 Å². The number of carbonyl (C=O) groups excluding carboxylic acids is 2. The Hall–Kier alpha value is -1.13. The van der Waals surface area contributed by atoms with E-state index in [0.717, 1.165) is 0 Å². The fourth-order valence-corrected chi connectivity index (χ4v) is 1.93. The number of likely N-dealkylation sites (tertiary alicyclic amines) is 1. The van der Waals surface area contributed by atoms with Crippen molar-refractivity contribution in [3.8, 4) is 0 Å². The summed E-state index contributed by atoms with van der Waals surface area (Å²) in [6.07, 6.45) is -1.76. The summed E-state index contributed by atoms with van der Waals surface area (Å²) in [5.41, 5.74) is -1.73. The monoisotopic (exact) mass is 245 g/mol. The van der Waals surface area contributed by atoms with Crippen LogP contribution in [0.4, 0.5) is 9.18 Å². The van der Waals surface area contributed by atoms with E-state index in [1.807, 2.05) is 0 Å². The molecular weight excluding hydrogens is 225 g/mol. The molecule has 1 aliphatic rings. The quantitative estimate of drug-likeness (QED) is 0.712. The first-order valence-corrected chi connectivity index (χ1v) is 5.72. The van der Waals surface area contributed by atoms with Gasteiger partial charge < -0.3 is 4.74 Å². The molecule has 0 aliphatic carbocycles. The molecule has 0 unspecified atom stereocenters. The maximum atomic E-state index is 13.4. The summed E-state index contributed by atoms with van der Waals surface area (Å²) in [6.45, 7) is 8.08. The van der Waals surface area contributed by atoms with Crippen LogP contribution in [0.5, 0.6) is 0 Å². The highest BCUT2D eigenvalue weighted by atomic mass is 19.1. The summed E-state index contributed by atoms with van der Waals surface area (Å²) in [7, 11) is 0. The number of nitrogens with zero attached hydrogens (tertiary/aromatic N) is 1. The third kappa shape index (κ3) is 2.96. The minimum atomic E-state index is -1.17. The Bertz CT molecular complexity index is 337. The fourth-order valence-electron chi connectivity index (χ4n) is 1.93. The van der Waals surface area contributed by atoms with Crippen LogP contribution >= 0.6 is 0 Å². The van der Waals surface area contributed by atoms with Gasteiger partial charge in [0, 0.05) is 6.42 Å². The lowest BCUT2D eigenvalue weighted by Crippen LogP contribution is -2.51. The molecule has 17 heavy (non-hydrogen) atoms. The van der Waals surface area contributed by atoms with E-state index < -0.39 is 23.4 Å². The van der Waals surface area contributed by atoms with Gasteiger partial charge in [0.05, 0.1) is 6.54 Å². The van der Waals surface area contributed by atoms with Gasteiger partial charge in [0.15, 0.2) is 5.78 Å². The number of halogens is 1. The Morgan fingerprint density at radius 2 is 1.94 bits per heavy atom. The first-order valence-electron chi connectivity index (χ1n) is 5.72. The summed E-state index contributed by atoms with van der Waals surface area (Å²) in [6, 6.07) is 0. The Labute approximate surface area is 101 Å². The fraction of sp³-hybridized carbons (Fsp3) is 0.833. The van der Waals surface area contributed by atoms with Gasteiger partial charge in [-0.05, 0) is 34.6 Å². The Balaban J connectivity index is 2.88. The number of amides is 1. The Morgan fingerprint density at radius 1 is 1.41 bits per heavy atom. The molecule has 0 aromatic rings. The summed E-state index contributed by atoms with van der Waals surface area (Å²) in [5.74, 6) is -0.219. The normalized spacial score (nSPS) is 29.3. The molecular formula is C12H20FNO3. The molecule has 0 N–H and O–H groups in total. The van der Waals surface area contributed by atoms with Crippen LogP contribution in [0.2, 0.25) is 0 Å². The molecule has 0 aromatic carbocycles. The topological polar surface area (TPSA) is 46.6 Å². The number of carbonyl (C=O) groups is 2. The summed E-state index contributed by atoms with van der Waals surface area (Å²) >= 11 is 0. The number of hydrogen-bond acceptors (Lipinski definition) is 3. The second kappa shape index (κ2) is 4.27. The van der Waals surface area contributed by atoms with E-state index in [4.69, 9.17) is 4.74 Å². The molecule has 1 heterocycles. The van der Waals surface area contributed by atoms with Crippen molar-refractivity contribution in [3.05, 3.63) is 0 Å². The van der Waals surface area contributed by atoms with Crippen molar-refractivity contribution in [1.29, 1.82) is 0 Å². The smallest absolute Gasteiger partial charge is 0.411 e. The number of Topliss-reactive ketones (excluding diaryl/α,β-unsaturated/α-hetero) is 1. The minimum Gasteiger partial charge on any atom is -0.444 e. The van der Waals surface area contributed by atoms with E-state index >= 15 is 0 Å². The predicted molar refractivity (Wildman–Crippen MR) is 61.5 cm³/mol. The molecule has 0 bridgehead atoms. The summed E-state index contributed by atoms with van der Waals surface area (Å²) in [5, 5.41) is 0. The second-order valence-electron chi connectivity index (χ2n) is 5.72. The summed E-state index contributed by atoms with van der Waals surface area (Å²) < 4.78 is 18.6. The van der Waals surface area contributed by atoms with Gasteiger partial charge in [-0.3, -0.25) is 9.69 Å². The van der Waals surface area contributed by atoms with E-state index in [1.54, 1.807) is 27.7 Å². The highest BCUT2D eigenvalue weighted by Gasteiger charge is 2.49. The van der Waals surface area contributed by atoms with E-state index in [2.05, 4.69) is 0 Å². The molecule has 2 atom stereocenters. The van der Waals surface area contributed by atoms with Crippen LogP contribution in [0.3, 0.4) is 0 Å². The van der Waals surface area contributed by atoms with Crippen molar-refractivity contribution in [2.24, 2.45) is 0 Å². The molecule has 4 nitrogen and oxygen atoms in total. The number of rotatable bonds is 1. The van der Waals surface area contributed by atoms with Gasteiger partial charge in [-0.1, -0.05) is 0 Å². The molecule has 0 spiro atoms. The molecule has 0 radical (unpaired) electrons. The molecule has 1 saturated heterocycles. The average Bonchev–Trinajstić information content (AvgIpc) is 2.40. The van der Waals surface area contributed by atoms with Crippen LogP contribution in [0, 0.1) is 0 Å². The molecule has 0 aromatic heterocycles. The number of hydrogen-bond donors (Lipinski definition) is 0. The van der Waals surface area contributed by atoms with Gasteiger partial charge in [-0.25, -0.2) is 9.18 Å². The third-order valence-corrected chi connectivity index (χ3v) is 2.97. The molecule has 1 amide bonds. The van der Waals surface area contributed by atoms with Gasteiger partial charge in [0.25, 0.3) is 0 Å². The molecule has 5 heteroatoms. The van der Waals surface area contributed by atoms with Crippen molar-refractivity contribution >= 4 is 11.9 Å². The zero-order chi connectivity index (χ0) is 13.4. The second-order valence-corrected chi connectivity index (χ2v) is 5.72. The van der Waals surface area contributed by atoms with Gasteiger partial charge in [0.2, 0.25) is 0 Å². The van der Waals surface area contributed by atoms with Crippen LogP contribution in [0.15, 0.2) is 0 Å². The lowest BCUT2D eigenvalue weighted by Gasteiger charge is -2.33. The zero-order valence-corrected chi connectivity index (χ0v) is 11.0. The first kappa shape index (κ1) is 13.9. The van der Waals surface area contributed by atoms with Crippen LogP contribution < -0.4 is 0 Å². The lowest BCUT2D eigenvalue weighted by atomic mass is 9.94. The minimum absolute atomic E-state index is 0.0432. The Kier molecular flexibility index (Phi) is 3.50. The van der Waals surface area contributed by atoms with Gasteiger partial charge in [0.1, 0.15) is 17.3 Å². The average molecular weight is 245 g/mol. The van der Waals surface area contributed by atoms with Gasteiger partial charge >= 0.3 is 6.09 Å². The van der Waals surface area contributed by atoms with Crippen molar-refractivity contribution in [1.82, 2.24) is 4.90 Å². The van der Waals surface area contributed by atoms with Crippen molar-refractivity contribution < 1.29 is 18.7 Å². The predicted octanol–water partition coefficient (Wildman–Crippen LogP) is 2.31. The van der Waals surface area contributed by atoms with Crippen molar-refractivity contribution in [2.75, 3.05) is 6.54 Å². The largest absolute Gasteiger partial charge is 0.444 e. The molecule has 1 fully saturated rings. The van der Waals surface area contributed by atoms with Gasteiger partial charge in [-0.2, -0.15) is 0 Å². The molecule has 0 saturated carbocycles. The Morgan fingerprint density at radius 3 is 2.35 bits per heavy atom. The molecule has 1 rings (SSSR count). The van der Waals surface area contributed by atoms with E-state index in [-0.39, 0.29) is 18.7 Å². The maximum absolute atomic E-state index is 13.4. The first-order chi connectivity index (χ1) is 7.56. The van der Waals surface area contributed by atoms with Crippen LogP contribution in [0.1, 0.15) is 41.0 Å². The summed E-state index contributed by atoms with van der Waals surface area (Å²) in [4.78, 5) is 24.7. The number of ketones is 1. The van der Waals surface area contributed by atoms with E-state index in [0.29, 0.717) is 0 Å². The van der Waals surface area contributed by atoms with Crippen LogP contribution in [-0.2, 0) is 9.53 Å². The highest BCUT2D eigenvalue weighted by Crippen LogP contribution is 2.33. The number of ether oxygens (including phenoxy) is 1. The third-order valence-electron chi connectivity index (χ3n) is 2.97. The van der Waals surface area contributed by atoms with Gasteiger partial charge in [-0.15, -0.1) is 0 Å². The zero-order valence-electron chi connectivity index (χ0n) is 11.0. The van der Waals surface area contributed by atoms with Crippen LogP contribution in [0.25, 0.3) is 0 Å². The van der Waals surface area contributed by atoms with Crippen molar-refractivity contribution in [3.63, 3.8) is 0 Å². The van der Waals surface area contributed by atoms with Crippen molar-refractivity contribution in [2.45, 2.75) is 58.4 Å². The standard InChI is InChI=1S/C12H20FNO3/c1-8(15)12(5)6-9(13)7-14(12)10(16)17-11(2,3)4/h9H,6-7H2,1-5H3/t9-,12-/m1/s1. The number of alkyl halides is 1. The van der Waals surface area contributed by atoms with E-state index in [1.165, 1.54) is 11.8 Å². The SMILES string of the molecule is CC(=O)[C@@]1(C)C[C@@H](F)CN1C(=O)OC(C)(C)C. The highest BCUT2D eigenvalue weighted by molar-refractivity contribution is 5.90. The molecule has 98 valence electrons. The lowest BCUT2D eigenvalue weighted by molar-refractivity contribution is -0.126.